The molecule has 1 fully saturated rings. The summed E-state index contributed by atoms with van der Waals surface area (Å²) in [4.78, 5) is 35.0. The van der Waals surface area contributed by atoms with E-state index in [1.807, 2.05) is 6.92 Å². The Morgan fingerprint density at radius 3 is 2.89 bits per heavy atom. The molecule has 7 heteroatoms. The van der Waals surface area contributed by atoms with Crippen LogP contribution in [0.3, 0.4) is 0 Å². The largest absolute Gasteiger partial charge is 0.370 e. The third-order valence-electron chi connectivity index (χ3n) is 2.57. The van der Waals surface area contributed by atoms with E-state index in [2.05, 4.69) is 5.32 Å². The van der Waals surface area contributed by atoms with E-state index in [9.17, 15) is 14.4 Å². The summed E-state index contributed by atoms with van der Waals surface area (Å²) < 4.78 is 4.94. The van der Waals surface area contributed by atoms with Crippen molar-refractivity contribution in [1.29, 1.82) is 0 Å². The van der Waals surface area contributed by atoms with Gasteiger partial charge in [-0.3, -0.25) is 19.3 Å². The third kappa shape index (κ3) is 4.08. The van der Waals surface area contributed by atoms with Gasteiger partial charge in [0.1, 0.15) is 6.61 Å². The number of hydrogen-bond donors (Lipinski definition) is 2. The van der Waals surface area contributed by atoms with Crippen LogP contribution in [0.25, 0.3) is 0 Å². The van der Waals surface area contributed by atoms with Gasteiger partial charge in [-0.05, 0) is 6.42 Å². The molecule has 3 amide bonds. The van der Waals surface area contributed by atoms with Crippen LogP contribution >= 0.6 is 0 Å². The summed E-state index contributed by atoms with van der Waals surface area (Å²) in [6.45, 7) is 2.92. The number of carbonyl (C=O) groups excluding carboxylic acids is 3. The maximum atomic E-state index is 11.8. The fourth-order valence-corrected chi connectivity index (χ4v) is 1.78. The van der Waals surface area contributed by atoms with Gasteiger partial charge in [-0.1, -0.05) is 6.92 Å². The lowest BCUT2D eigenvalue weighted by Gasteiger charge is -2.14. The highest BCUT2D eigenvalue weighted by Crippen LogP contribution is 2.12. The van der Waals surface area contributed by atoms with Gasteiger partial charge in [-0.25, -0.2) is 0 Å². The second kappa shape index (κ2) is 7.07. The molecular formula is C11H19N3O4. The van der Waals surface area contributed by atoms with Crippen molar-refractivity contribution in [2.45, 2.75) is 25.8 Å². The molecule has 0 saturated carbocycles. The number of likely N-dealkylation sites (tertiary alicyclic amines) is 1. The molecule has 0 aromatic rings. The van der Waals surface area contributed by atoms with Gasteiger partial charge in [-0.2, -0.15) is 0 Å². The number of hydrogen-bond acceptors (Lipinski definition) is 5. The molecule has 1 aliphatic rings. The van der Waals surface area contributed by atoms with E-state index in [0.29, 0.717) is 13.1 Å². The number of nitrogens with one attached hydrogen (secondary N) is 1. The maximum absolute atomic E-state index is 11.8. The molecule has 0 aromatic heterocycles. The van der Waals surface area contributed by atoms with Crippen LogP contribution in [0.4, 0.5) is 0 Å². The molecular weight excluding hydrogens is 238 g/mol. The van der Waals surface area contributed by atoms with E-state index in [0.717, 1.165) is 6.42 Å². The zero-order chi connectivity index (χ0) is 13.5. The highest BCUT2D eigenvalue weighted by molar-refractivity contribution is 6.05. The Bertz CT molecular complexity index is 332. The molecule has 18 heavy (non-hydrogen) atoms. The Morgan fingerprint density at radius 2 is 2.28 bits per heavy atom. The van der Waals surface area contributed by atoms with Gasteiger partial charge in [0, 0.05) is 13.1 Å². The summed E-state index contributed by atoms with van der Waals surface area (Å²) in [7, 11) is 0. The first kappa shape index (κ1) is 14.6. The van der Waals surface area contributed by atoms with Gasteiger partial charge in [0.25, 0.3) is 0 Å². The van der Waals surface area contributed by atoms with Gasteiger partial charge in [0.2, 0.25) is 17.7 Å². The molecule has 0 bridgehead atoms. The van der Waals surface area contributed by atoms with Crippen molar-refractivity contribution in [3.05, 3.63) is 0 Å². The molecule has 1 atom stereocenters. The van der Waals surface area contributed by atoms with Gasteiger partial charge < -0.3 is 15.8 Å². The predicted octanol–water partition coefficient (Wildman–Crippen LogP) is -1.38. The summed E-state index contributed by atoms with van der Waals surface area (Å²) in [5, 5.41) is 2.93. The number of carbonyl (C=O) groups is 3. The Labute approximate surface area is 106 Å². The lowest BCUT2D eigenvalue weighted by Crippen LogP contribution is -2.40. The monoisotopic (exact) mass is 257 g/mol. The SMILES string of the molecule is CCCN1C(=O)CC(NCCOCC(N)=O)C1=O. The summed E-state index contributed by atoms with van der Waals surface area (Å²) in [6.07, 6.45) is 0.945. The molecule has 0 radical (unpaired) electrons. The molecule has 1 unspecified atom stereocenters. The van der Waals surface area contributed by atoms with Crippen LogP contribution in [0.2, 0.25) is 0 Å². The first-order valence-corrected chi connectivity index (χ1v) is 6.00. The summed E-state index contributed by atoms with van der Waals surface area (Å²) in [5.74, 6) is -0.856. The Kier molecular flexibility index (Phi) is 5.73. The lowest BCUT2D eigenvalue weighted by atomic mass is 10.2. The quantitative estimate of drug-likeness (QED) is 0.412. The normalized spacial score (nSPS) is 19.6. The van der Waals surface area contributed by atoms with Crippen molar-refractivity contribution in [3.63, 3.8) is 0 Å². The number of ether oxygens (including phenoxy) is 1. The van der Waals surface area contributed by atoms with E-state index in [1.165, 1.54) is 4.90 Å². The van der Waals surface area contributed by atoms with Crippen LogP contribution < -0.4 is 11.1 Å². The van der Waals surface area contributed by atoms with E-state index < -0.39 is 11.9 Å². The molecule has 1 saturated heterocycles. The molecule has 3 N–H and O–H groups in total. The predicted molar refractivity (Wildman–Crippen MR) is 63.4 cm³/mol. The second-order valence-electron chi connectivity index (χ2n) is 4.11. The highest BCUT2D eigenvalue weighted by Gasteiger charge is 2.37. The average Bonchev–Trinajstić information content (AvgIpc) is 2.56. The molecule has 1 aliphatic heterocycles. The number of primary amides is 1. The molecule has 0 aromatic carbocycles. The zero-order valence-corrected chi connectivity index (χ0v) is 10.5. The first-order chi connectivity index (χ1) is 8.56. The van der Waals surface area contributed by atoms with Crippen LogP contribution in [0, 0.1) is 0 Å². The Morgan fingerprint density at radius 1 is 1.56 bits per heavy atom. The van der Waals surface area contributed by atoms with E-state index in [1.54, 1.807) is 0 Å². The number of nitrogens with two attached hydrogens (primary N) is 1. The molecule has 0 aliphatic carbocycles. The fraction of sp³-hybridized carbons (Fsp3) is 0.727. The Balaban J connectivity index is 2.25. The molecule has 102 valence electrons. The topological polar surface area (TPSA) is 102 Å². The molecule has 1 rings (SSSR count). The zero-order valence-electron chi connectivity index (χ0n) is 10.5. The number of rotatable bonds is 8. The van der Waals surface area contributed by atoms with E-state index >= 15 is 0 Å². The van der Waals surface area contributed by atoms with Crippen molar-refractivity contribution in [2.75, 3.05) is 26.3 Å². The second-order valence-corrected chi connectivity index (χ2v) is 4.11. The minimum Gasteiger partial charge on any atom is -0.370 e. The maximum Gasteiger partial charge on any atom is 0.246 e. The summed E-state index contributed by atoms with van der Waals surface area (Å²) in [5.41, 5.74) is 4.90. The number of amides is 3. The van der Waals surface area contributed by atoms with Crippen molar-refractivity contribution in [1.82, 2.24) is 10.2 Å². The lowest BCUT2D eigenvalue weighted by molar-refractivity contribution is -0.139. The van der Waals surface area contributed by atoms with Gasteiger partial charge in [0.05, 0.1) is 19.1 Å². The molecule has 7 nitrogen and oxygen atoms in total. The van der Waals surface area contributed by atoms with Crippen LogP contribution in [0.1, 0.15) is 19.8 Å². The third-order valence-corrected chi connectivity index (χ3v) is 2.57. The van der Waals surface area contributed by atoms with Crippen molar-refractivity contribution >= 4 is 17.7 Å². The van der Waals surface area contributed by atoms with Crippen LogP contribution in [-0.4, -0.2) is 55.0 Å². The van der Waals surface area contributed by atoms with Crippen LogP contribution in [0.5, 0.6) is 0 Å². The smallest absolute Gasteiger partial charge is 0.246 e. The highest BCUT2D eigenvalue weighted by atomic mass is 16.5. The van der Waals surface area contributed by atoms with E-state index in [-0.39, 0.29) is 31.4 Å². The number of nitrogens with zero attached hydrogens (tertiary/aromatic N) is 1. The van der Waals surface area contributed by atoms with Crippen LogP contribution in [-0.2, 0) is 19.1 Å². The summed E-state index contributed by atoms with van der Waals surface area (Å²) >= 11 is 0. The molecule has 1 heterocycles. The Hall–Kier alpha value is -1.47. The minimum atomic E-state index is -0.531. The van der Waals surface area contributed by atoms with E-state index in [4.69, 9.17) is 10.5 Å². The standard InChI is InChI=1S/C11H19N3O4/c1-2-4-14-10(16)6-8(11(14)17)13-3-5-18-7-9(12)15/h8,13H,2-7H2,1H3,(H2,12,15). The number of imide groups is 1. The van der Waals surface area contributed by atoms with Gasteiger partial charge in [0.15, 0.2) is 0 Å². The molecule has 0 spiro atoms. The van der Waals surface area contributed by atoms with Crippen molar-refractivity contribution in [3.8, 4) is 0 Å². The van der Waals surface area contributed by atoms with Gasteiger partial charge in [-0.15, -0.1) is 0 Å². The minimum absolute atomic E-state index is 0.138. The van der Waals surface area contributed by atoms with Gasteiger partial charge >= 0.3 is 0 Å². The fourth-order valence-electron chi connectivity index (χ4n) is 1.78. The summed E-state index contributed by atoms with van der Waals surface area (Å²) in [6, 6.07) is -0.471. The van der Waals surface area contributed by atoms with Crippen molar-refractivity contribution in [2.24, 2.45) is 5.73 Å². The average molecular weight is 257 g/mol. The van der Waals surface area contributed by atoms with Crippen LogP contribution in [0.15, 0.2) is 0 Å². The van der Waals surface area contributed by atoms with Crippen molar-refractivity contribution < 1.29 is 19.1 Å². The first-order valence-electron chi connectivity index (χ1n) is 6.00.